The highest BCUT2D eigenvalue weighted by Crippen LogP contribution is 2.34. The van der Waals surface area contributed by atoms with Gasteiger partial charge in [0.2, 0.25) is 0 Å². The summed E-state index contributed by atoms with van der Waals surface area (Å²) >= 11 is 3.43. The third-order valence-electron chi connectivity index (χ3n) is 2.63. The molecule has 1 N–H and O–H groups in total. The van der Waals surface area contributed by atoms with E-state index in [4.69, 9.17) is 4.74 Å². The third kappa shape index (κ3) is 2.00. The lowest BCUT2D eigenvalue weighted by Crippen LogP contribution is -2.11. The molecule has 14 heavy (non-hydrogen) atoms. The van der Waals surface area contributed by atoms with Crippen molar-refractivity contribution < 1.29 is 9.84 Å². The van der Waals surface area contributed by atoms with Gasteiger partial charge in [-0.25, -0.2) is 0 Å². The summed E-state index contributed by atoms with van der Waals surface area (Å²) in [7, 11) is 0. The molecule has 1 aliphatic heterocycles. The van der Waals surface area contributed by atoms with E-state index in [-0.39, 0.29) is 18.6 Å². The Morgan fingerprint density at radius 1 is 1.50 bits per heavy atom. The third-order valence-corrected chi connectivity index (χ3v) is 3.12. The van der Waals surface area contributed by atoms with Crippen LogP contribution in [0.4, 0.5) is 0 Å². The van der Waals surface area contributed by atoms with Crippen molar-refractivity contribution in [2.75, 3.05) is 13.2 Å². The number of benzene rings is 1. The molecule has 0 aliphatic carbocycles. The topological polar surface area (TPSA) is 29.5 Å². The first-order valence-electron chi connectivity index (χ1n) is 4.79. The fourth-order valence-corrected chi connectivity index (χ4v) is 2.29. The zero-order valence-corrected chi connectivity index (χ0v) is 9.40. The Kier molecular flexibility index (Phi) is 3.21. The van der Waals surface area contributed by atoms with E-state index in [1.54, 1.807) is 0 Å². The Balaban J connectivity index is 2.21. The highest BCUT2D eigenvalue weighted by Gasteiger charge is 2.28. The van der Waals surface area contributed by atoms with Gasteiger partial charge in [-0.3, -0.25) is 0 Å². The first kappa shape index (κ1) is 10.1. The van der Waals surface area contributed by atoms with Crippen LogP contribution in [0, 0.1) is 5.92 Å². The van der Waals surface area contributed by atoms with Crippen molar-refractivity contribution in [1.29, 1.82) is 0 Å². The summed E-state index contributed by atoms with van der Waals surface area (Å²) < 4.78 is 6.67. The quantitative estimate of drug-likeness (QED) is 0.882. The molecule has 0 radical (unpaired) electrons. The maximum absolute atomic E-state index is 9.18. The van der Waals surface area contributed by atoms with Gasteiger partial charge in [0.05, 0.1) is 6.10 Å². The van der Waals surface area contributed by atoms with E-state index in [9.17, 15) is 5.11 Å². The zero-order chi connectivity index (χ0) is 9.97. The summed E-state index contributed by atoms with van der Waals surface area (Å²) in [5.74, 6) is 0.254. The second kappa shape index (κ2) is 4.43. The first-order chi connectivity index (χ1) is 6.81. The zero-order valence-electron chi connectivity index (χ0n) is 7.82. The number of halogens is 1. The van der Waals surface area contributed by atoms with Crippen molar-refractivity contribution in [3.05, 3.63) is 34.3 Å². The molecule has 3 heteroatoms. The molecule has 0 saturated carbocycles. The SMILES string of the molecule is OCC1CCOC1c1cccc(Br)c1. The van der Waals surface area contributed by atoms with Crippen molar-refractivity contribution in [3.8, 4) is 0 Å². The Bertz CT molecular complexity index is 314. The van der Waals surface area contributed by atoms with E-state index in [1.165, 1.54) is 0 Å². The van der Waals surface area contributed by atoms with Gasteiger partial charge in [0.15, 0.2) is 0 Å². The van der Waals surface area contributed by atoms with E-state index in [0.717, 1.165) is 23.1 Å². The van der Waals surface area contributed by atoms with Gasteiger partial charge in [0, 0.05) is 23.6 Å². The van der Waals surface area contributed by atoms with Crippen LogP contribution in [0.2, 0.25) is 0 Å². The van der Waals surface area contributed by atoms with Crippen molar-refractivity contribution >= 4 is 15.9 Å². The van der Waals surface area contributed by atoms with E-state index in [2.05, 4.69) is 22.0 Å². The second-order valence-electron chi connectivity index (χ2n) is 3.58. The molecule has 76 valence electrons. The number of hydrogen-bond acceptors (Lipinski definition) is 2. The summed E-state index contributed by atoms with van der Waals surface area (Å²) in [6, 6.07) is 8.09. The van der Waals surface area contributed by atoms with Gasteiger partial charge in [-0.1, -0.05) is 28.1 Å². The van der Waals surface area contributed by atoms with E-state index >= 15 is 0 Å². The molecule has 0 amide bonds. The van der Waals surface area contributed by atoms with Gasteiger partial charge in [-0.15, -0.1) is 0 Å². The van der Waals surface area contributed by atoms with Crippen molar-refractivity contribution in [3.63, 3.8) is 0 Å². The molecular formula is C11H13BrO2. The molecule has 2 nitrogen and oxygen atoms in total. The number of aliphatic hydroxyl groups is 1. The predicted octanol–water partition coefficient (Wildman–Crippen LogP) is 2.52. The van der Waals surface area contributed by atoms with Crippen LogP contribution >= 0.6 is 15.9 Å². The molecule has 0 spiro atoms. The van der Waals surface area contributed by atoms with Crippen LogP contribution in [0.1, 0.15) is 18.1 Å². The second-order valence-corrected chi connectivity index (χ2v) is 4.49. The van der Waals surface area contributed by atoms with Gasteiger partial charge >= 0.3 is 0 Å². The van der Waals surface area contributed by atoms with Crippen LogP contribution in [-0.4, -0.2) is 18.3 Å². The molecule has 1 aliphatic rings. The largest absolute Gasteiger partial charge is 0.396 e. The van der Waals surface area contributed by atoms with E-state index in [0.29, 0.717) is 0 Å². The Labute approximate surface area is 92.0 Å². The van der Waals surface area contributed by atoms with Crippen LogP contribution in [0.5, 0.6) is 0 Å². The van der Waals surface area contributed by atoms with Gasteiger partial charge in [-0.2, -0.15) is 0 Å². The average Bonchev–Trinajstić information content (AvgIpc) is 2.65. The van der Waals surface area contributed by atoms with Gasteiger partial charge < -0.3 is 9.84 Å². The fourth-order valence-electron chi connectivity index (χ4n) is 1.87. The molecule has 1 aromatic rings. The van der Waals surface area contributed by atoms with E-state index in [1.807, 2.05) is 18.2 Å². The average molecular weight is 257 g/mol. The van der Waals surface area contributed by atoms with Crippen LogP contribution in [-0.2, 0) is 4.74 Å². The lowest BCUT2D eigenvalue weighted by Gasteiger charge is -2.16. The number of rotatable bonds is 2. The number of ether oxygens (including phenoxy) is 1. The standard InChI is InChI=1S/C11H13BrO2/c12-10-3-1-2-8(6-10)11-9(7-13)4-5-14-11/h1-3,6,9,11,13H,4-5,7H2. The predicted molar refractivity (Wildman–Crippen MR) is 58.0 cm³/mol. The Morgan fingerprint density at radius 3 is 3.07 bits per heavy atom. The molecule has 2 atom stereocenters. The molecular weight excluding hydrogens is 244 g/mol. The monoisotopic (exact) mass is 256 g/mol. The normalized spacial score (nSPS) is 26.7. The summed E-state index contributed by atoms with van der Waals surface area (Å²) in [6.07, 6.45) is 1.02. The maximum atomic E-state index is 9.18. The molecule has 0 bridgehead atoms. The lowest BCUT2D eigenvalue weighted by atomic mass is 9.96. The van der Waals surface area contributed by atoms with Crippen LogP contribution in [0.15, 0.2) is 28.7 Å². The minimum absolute atomic E-state index is 0.0671. The lowest BCUT2D eigenvalue weighted by molar-refractivity contribution is 0.0720. The van der Waals surface area contributed by atoms with E-state index < -0.39 is 0 Å². The molecule has 2 rings (SSSR count). The molecule has 2 unspecified atom stereocenters. The number of aliphatic hydroxyl groups excluding tert-OH is 1. The van der Waals surface area contributed by atoms with Gasteiger partial charge in [-0.05, 0) is 24.1 Å². The van der Waals surface area contributed by atoms with Gasteiger partial charge in [0.1, 0.15) is 0 Å². The van der Waals surface area contributed by atoms with Crippen molar-refractivity contribution in [2.45, 2.75) is 12.5 Å². The minimum Gasteiger partial charge on any atom is -0.396 e. The van der Waals surface area contributed by atoms with Crippen LogP contribution in [0.3, 0.4) is 0 Å². The molecule has 0 aromatic heterocycles. The minimum atomic E-state index is 0.0671. The highest BCUT2D eigenvalue weighted by molar-refractivity contribution is 9.10. The summed E-state index contributed by atoms with van der Waals surface area (Å²) in [6.45, 7) is 0.958. The first-order valence-corrected chi connectivity index (χ1v) is 5.58. The van der Waals surface area contributed by atoms with Crippen molar-refractivity contribution in [2.24, 2.45) is 5.92 Å². The molecule has 1 heterocycles. The fraction of sp³-hybridized carbons (Fsp3) is 0.455. The molecule has 1 fully saturated rings. The van der Waals surface area contributed by atoms with Gasteiger partial charge in [0.25, 0.3) is 0 Å². The summed E-state index contributed by atoms with van der Waals surface area (Å²) in [5.41, 5.74) is 1.15. The Hall–Kier alpha value is -0.380. The maximum Gasteiger partial charge on any atom is 0.0876 e. The van der Waals surface area contributed by atoms with Crippen molar-refractivity contribution in [1.82, 2.24) is 0 Å². The van der Waals surface area contributed by atoms with Crippen LogP contribution < -0.4 is 0 Å². The highest BCUT2D eigenvalue weighted by atomic mass is 79.9. The Morgan fingerprint density at radius 2 is 2.36 bits per heavy atom. The smallest absolute Gasteiger partial charge is 0.0876 e. The van der Waals surface area contributed by atoms with Crippen LogP contribution in [0.25, 0.3) is 0 Å². The summed E-state index contributed by atoms with van der Waals surface area (Å²) in [5, 5.41) is 9.18. The summed E-state index contributed by atoms with van der Waals surface area (Å²) in [4.78, 5) is 0. The molecule has 1 saturated heterocycles. The number of hydrogen-bond donors (Lipinski definition) is 1. The molecule has 1 aromatic carbocycles.